The van der Waals surface area contributed by atoms with Crippen molar-refractivity contribution in [1.29, 1.82) is 0 Å². The number of hydrogen-bond donors (Lipinski definition) is 1. The second-order valence-corrected chi connectivity index (χ2v) is 2.91. The van der Waals surface area contributed by atoms with Crippen molar-refractivity contribution < 1.29 is 9.90 Å². The molecule has 1 unspecified atom stereocenters. The molecular weight excluding hydrogens is 176 g/mol. The SMILES string of the molecule is O=CC(O)Cc1ccccc1Cl. The summed E-state index contributed by atoms with van der Waals surface area (Å²) >= 11 is 5.80. The van der Waals surface area contributed by atoms with Crippen LogP contribution in [0.25, 0.3) is 0 Å². The van der Waals surface area contributed by atoms with Gasteiger partial charge in [0, 0.05) is 11.4 Å². The molecule has 0 fully saturated rings. The first-order valence-corrected chi connectivity index (χ1v) is 3.98. The van der Waals surface area contributed by atoms with E-state index in [2.05, 4.69) is 0 Å². The topological polar surface area (TPSA) is 37.3 Å². The Morgan fingerprint density at radius 1 is 1.50 bits per heavy atom. The lowest BCUT2D eigenvalue weighted by atomic mass is 10.1. The number of carbonyl (C=O) groups excluding carboxylic acids is 1. The monoisotopic (exact) mass is 184 g/mol. The highest BCUT2D eigenvalue weighted by Crippen LogP contribution is 2.15. The fourth-order valence-electron chi connectivity index (χ4n) is 0.937. The summed E-state index contributed by atoms with van der Waals surface area (Å²) in [5, 5.41) is 9.59. The van der Waals surface area contributed by atoms with E-state index in [-0.39, 0.29) is 6.42 Å². The second-order valence-electron chi connectivity index (χ2n) is 2.50. The molecule has 0 aromatic heterocycles. The second kappa shape index (κ2) is 4.24. The van der Waals surface area contributed by atoms with E-state index >= 15 is 0 Å². The summed E-state index contributed by atoms with van der Waals surface area (Å²) in [5.41, 5.74) is 0.791. The summed E-state index contributed by atoms with van der Waals surface area (Å²) in [5.74, 6) is 0. The minimum atomic E-state index is -0.954. The fourth-order valence-corrected chi connectivity index (χ4v) is 1.15. The third-order valence-electron chi connectivity index (χ3n) is 1.54. The van der Waals surface area contributed by atoms with Gasteiger partial charge in [0.05, 0.1) is 0 Å². The predicted molar refractivity (Wildman–Crippen MR) is 47.2 cm³/mol. The molecule has 0 aliphatic rings. The van der Waals surface area contributed by atoms with Crippen LogP contribution in [0.4, 0.5) is 0 Å². The average molecular weight is 185 g/mol. The van der Waals surface area contributed by atoms with E-state index in [4.69, 9.17) is 16.7 Å². The van der Waals surface area contributed by atoms with Gasteiger partial charge in [0.15, 0.2) is 0 Å². The van der Waals surface area contributed by atoms with Crippen molar-refractivity contribution >= 4 is 17.9 Å². The van der Waals surface area contributed by atoms with Crippen molar-refractivity contribution in [3.63, 3.8) is 0 Å². The molecule has 0 saturated heterocycles. The van der Waals surface area contributed by atoms with Gasteiger partial charge in [-0.05, 0) is 11.6 Å². The van der Waals surface area contributed by atoms with E-state index in [1.54, 1.807) is 18.2 Å². The molecule has 0 spiro atoms. The summed E-state index contributed by atoms with van der Waals surface area (Å²) in [6.07, 6.45) is -0.170. The fraction of sp³-hybridized carbons (Fsp3) is 0.222. The molecule has 3 heteroatoms. The molecule has 1 aromatic rings. The number of benzene rings is 1. The largest absolute Gasteiger partial charge is 0.385 e. The number of rotatable bonds is 3. The Morgan fingerprint density at radius 2 is 2.17 bits per heavy atom. The van der Waals surface area contributed by atoms with Crippen LogP contribution in [-0.4, -0.2) is 17.5 Å². The van der Waals surface area contributed by atoms with E-state index in [0.717, 1.165) is 5.56 Å². The molecule has 1 N–H and O–H groups in total. The maximum atomic E-state index is 10.1. The van der Waals surface area contributed by atoms with E-state index in [9.17, 15) is 4.79 Å². The molecule has 12 heavy (non-hydrogen) atoms. The van der Waals surface area contributed by atoms with E-state index < -0.39 is 6.10 Å². The lowest BCUT2D eigenvalue weighted by Gasteiger charge is -2.04. The van der Waals surface area contributed by atoms with Crippen molar-refractivity contribution in [3.05, 3.63) is 34.9 Å². The number of aliphatic hydroxyl groups excluding tert-OH is 1. The van der Waals surface area contributed by atoms with Crippen LogP contribution in [0.15, 0.2) is 24.3 Å². The van der Waals surface area contributed by atoms with Gasteiger partial charge in [0.25, 0.3) is 0 Å². The van der Waals surface area contributed by atoms with Crippen molar-refractivity contribution in [2.75, 3.05) is 0 Å². The molecule has 64 valence electrons. The number of aldehydes is 1. The molecular formula is C9H9ClO2. The van der Waals surface area contributed by atoms with Gasteiger partial charge in [-0.2, -0.15) is 0 Å². The zero-order valence-corrected chi connectivity index (χ0v) is 7.16. The Bertz CT molecular complexity index is 273. The van der Waals surface area contributed by atoms with Crippen LogP contribution < -0.4 is 0 Å². The highest BCUT2D eigenvalue weighted by atomic mass is 35.5. The zero-order chi connectivity index (χ0) is 8.97. The Hall–Kier alpha value is -0.860. The van der Waals surface area contributed by atoms with Crippen LogP contribution in [0.1, 0.15) is 5.56 Å². The van der Waals surface area contributed by atoms with Crippen molar-refractivity contribution in [2.45, 2.75) is 12.5 Å². The number of carbonyl (C=O) groups is 1. The minimum Gasteiger partial charge on any atom is -0.385 e. The van der Waals surface area contributed by atoms with Crippen LogP contribution in [0.2, 0.25) is 5.02 Å². The van der Waals surface area contributed by atoms with Crippen molar-refractivity contribution in [3.8, 4) is 0 Å². The molecule has 0 amide bonds. The summed E-state index contributed by atoms with van der Waals surface area (Å²) in [7, 11) is 0. The molecule has 0 aliphatic carbocycles. The summed E-state index contributed by atoms with van der Waals surface area (Å²) < 4.78 is 0. The first-order chi connectivity index (χ1) is 5.74. The molecule has 1 atom stereocenters. The lowest BCUT2D eigenvalue weighted by Crippen LogP contribution is -2.11. The molecule has 1 aromatic carbocycles. The van der Waals surface area contributed by atoms with Gasteiger partial charge >= 0.3 is 0 Å². The van der Waals surface area contributed by atoms with Crippen molar-refractivity contribution in [1.82, 2.24) is 0 Å². The van der Waals surface area contributed by atoms with Gasteiger partial charge in [-0.1, -0.05) is 29.8 Å². The molecule has 0 heterocycles. The van der Waals surface area contributed by atoms with Gasteiger partial charge in [0.2, 0.25) is 0 Å². The summed E-state index contributed by atoms with van der Waals surface area (Å²) in [4.78, 5) is 10.1. The molecule has 0 bridgehead atoms. The summed E-state index contributed by atoms with van der Waals surface area (Å²) in [6, 6.07) is 7.14. The van der Waals surface area contributed by atoms with Gasteiger partial charge in [0.1, 0.15) is 12.4 Å². The maximum absolute atomic E-state index is 10.1. The van der Waals surface area contributed by atoms with Gasteiger partial charge in [-0.25, -0.2) is 0 Å². The van der Waals surface area contributed by atoms with Crippen LogP contribution in [0, 0.1) is 0 Å². The molecule has 0 aliphatic heterocycles. The highest BCUT2D eigenvalue weighted by molar-refractivity contribution is 6.31. The third-order valence-corrected chi connectivity index (χ3v) is 1.91. The quantitative estimate of drug-likeness (QED) is 0.722. The molecule has 0 radical (unpaired) electrons. The first kappa shape index (κ1) is 9.23. The normalized spacial score (nSPS) is 12.5. The molecule has 0 saturated carbocycles. The Kier molecular flexibility index (Phi) is 3.26. The number of aliphatic hydroxyl groups is 1. The third kappa shape index (κ3) is 2.32. The van der Waals surface area contributed by atoms with Gasteiger partial charge in [-0.15, -0.1) is 0 Å². The standard InChI is InChI=1S/C9H9ClO2/c10-9-4-2-1-3-7(9)5-8(12)6-11/h1-4,6,8,12H,5H2. The number of halogens is 1. The van der Waals surface area contributed by atoms with Crippen LogP contribution in [0.3, 0.4) is 0 Å². The lowest BCUT2D eigenvalue weighted by molar-refractivity contribution is -0.114. The maximum Gasteiger partial charge on any atom is 0.148 e. The van der Waals surface area contributed by atoms with Gasteiger partial charge < -0.3 is 9.90 Å². The highest BCUT2D eigenvalue weighted by Gasteiger charge is 2.05. The Balaban J connectivity index is 2.75. The smallest absolute Gasteiger partial charge is 0.148 e. The Morgan fingerprint density at radius 3 is 2.75 bits per heavy atom. The average Bonchev–Trinajstić information content (AvgIpc) is 2.09. The van der Waals surface area contributed by atoms with E-state index in [0.29, 0.717) is 11.3 Å². The Labute approximate surface area is 75.8 Å². The van der Waals surface area contributed by atoms with Crippen LogP contribution in [0.5, 0.6) is 0 Å². The molecule has 1 rings (SSSR count). The summed E-state index contributed by atoms with van der Waals surface area (Å²) in [6.45, 7) is 0. The van der Waals surface area contributed by atoms with Crippen molar-refractivity contribution in [2.24, 2.45) is 0 Å². The van der Waals surface area contributed by atoms with E-state index in [1.807, 2.05) is 6.07 Å². The molecule has 2 nitrogen and oxygen atoms in total. The number of hydrogen-bond acceptors (Lipinski definition) is 2. The zero-order valence-electron chi connectivity index (χ0n) is 6.40. The van der Waals surface area contributed by atoms with Gasteiger partial charge in [-0.3, -0.25) is 0 Å². The minimum absolute atomic E-state index is 0.281. The first-order valence-electron chi connectivity index (χ1n) is 3.61. The van der Waals surface area contributed by atoms with Crippen LogP contribution >= 0.6 is 11.6 Å². The van der Waals surface area contributed by atoms with Crippen LogP contribution in [-0.2, 0) is 11.2 Å². The predicted octanol–water partition coefficient (Wildman–Crippen LogP) is 1.44. The van der Waals surface area contributed by atoms with E-state index in [1.165, 1.54) is 0 Å².